The van der Waals surface area contributed by atoms with Crippen LogP contribution in [0.5, 0.6) is 5.75 Å². The van der Waals surface area contributed by atoms with Crippen molar-refractivity contribution >= 4 is 28.2 Å². The number of esters is 1. The molecule has 0 radical (unpaired) electrons. The fourth-order valence-corrected chi connectivity index (χ4v) is 5.42. The molecule has 31 heavy (non-hydrogen) atoms. The second-order valence-electron chi connectivity index (χ2n) is 7.71. The van der Waals surface area contributed by atoms with Crippen LogP contribution in [0.25, 0.3) is 0 Å². The zero-order valence-electron chi connectivity index (χ0n) is 17.2. The molecular weight excluding hydrogens is 410 g/mol. The van der Waals surface area contributed by atoms with E-state index in [2.05, 4.69) is 22.5 Å². The van der Waals surface area contributed by atoms with Crippen molar-refractivity contribution in [3.05, 3.63) is 81.7 Å². The van der Waals surface area contributed by atoms with Crippen LogP contribution in [0.1, 0.15) is 49.8 Å². The van der Waals surface area contributed by atoms with Crippen LogP contribution < -0.4 is 15.4 Å². The first-order chi connectivity index (χ1) is 15.1. The van der Waals surface area contributed by atoms with E-state index in [1.165, 1.54) is 10.4 Å². The van der Waals surface area contributed by atoms with E-state index < -0.39 is 5.97 Å². The molecule has 0 bridgehead atoms. The van der Waals surface area contributed by atoms with Gasteiger partial charge >= 0.3 is 5.97 Å². The van der Waals surface area contributed by atoms with Crippen molar-refractivity contribution in [3.63, 3.8) is 0 Å². The first kappa shape index (κ1) is 19.8. The first-order valence-corrected chi connectivity index (χ1v) is 11.3. The fraction of sp³-hybridized carbons (Fsp3) is 0.250. The van der Waals surface area contributed by atoms with Crippen molar-refractivity contribution in [2.24, 2.45) is 0 Å². The summed E-state index contributed by atoms with van der Waals surface area (Å²) in [5.74, 6) is -0.0165. The van der Waals surface area contributed by atoms with Crippen LogP contribution in [0.15, 0.2) is 54.6 Å². The number of carbonyl (C=O) groups is 2. The molecule has 158 valence electrons. The van der Waals surface area contributed by atoms with Crippen LogP contribution in [-0.4, -0.2) is 29.9 Å². The number of carbonyl (C=O) groups excluding carboxylic acids is 2. The van der Waals surface area contributed by atoms with E-state index in [-0.39, 0.29) is 12.1 Å². The van der Waals surface area contributed by atoms with Crippen molar-refractivity contribution in [3.8, 4) is 5.75 Å². The second-order valence-corrected chi connectivity index (χ2v) is 8.81. The van der Waals surface area contributed by atoms with Crippen LogP contribution in [-0.2, 0) is 13.0 Å². The molecule has 2 aliphatic rings. The summed E-state index contributed by atoms with van der Waals surface area (Å²) in [6.07, 6.45) is 0.525. The molecule has 5 rings (SSSR count). The molecule has 3 heterocycles. The Morgan fingerprint density at radius 3 is 2.81 bits per heavy atom. The number of ether oxygens (including phenoxy) is 1. The zero-order chi connectivity index (χ0) is 21.4. The minimum absolute atomic E-state index is 0.0483. The summed E-state index contributed by atoms with van der Waals surface area (Å²) >= 11 is 1.67. The zero-order valence-corrected chi connectivity index (χ0v) is 18.0. The maximum absolute atomic E-state index is 13.0. The Labute approximate surface area is 184 Å². The summed E-state index contributed by atoms with van der Waals surface area (Å²) in [6.45, 7) is 5.06. The van der Waals surface area contributed by atoms with E-state index in [1.807, 2.05) is 18.2 Å². The normalized spacial score (nSPS) is 17.8. The lowest BCUT2D eigenvalue weighted by molar-refractivity contribution is 0.0734. The number of nitrogens with one attached hydrogen (secondary N) is 2. The number of rotatable bonds is 4. The van der Waals surface area contributed by atoms with E-state index in [0.717, 1.165) is 42.2 Å². The summed E-state index contributed by atoms with van der Waals surface area (Å²) in [4.78, 5) is 29.0. The standard InChI is InChI=1S/C24H23N3O3S/c1-2-27-12-11-18-19(14-27)31-23-20(18)22(28)25-21(26-23)16-9-6-10-17(13-16)30-24(29)15-7-4-3-5-8-15/h3-10,13,21,26H,2,11-12,14H2,1H3,(H,25,28)/t21-/m0/s1. The van der Waals surface area contributed by atoms with Gasteiger partial charge in [-0.05, 0) is 48.4 Å². The maximum Gasteiger partial charge on any atom is 0.343 e. The number of nitrogens with zero attached hydrogens (tertiary/aromatic N) is 1. The van der Waals surface area contributed by atoms with Gasteiger partial charge in [0.2, 0.25) is 0 Å². The Morgan fingerprint density at radius 1 is 1.16 bits per heavy atom. The van der Waals surface area contributed by atoms with Gasteiger partial charge in [-0.2, -0.15) is 0 Å². The number of likely N-dealkylation sites (N-methyl/N-ethyl adjacent to an activating group) is 1. The van der Waals surface area contributed by atoms with Crippen LogP contribution in [0.3, 0.4) is 0 Å². The first-order valence-electron chi connectivity index (χ1n) is 10.4. The molecule has 2 aromatic carbocycles. The van der Waals surface area contributed by atoms with Crippen molar-refractivity contribution in [1.29, 1.82) is 0 Å². The summed E-state index contributed by atoms with van der Waals surface area (Å²) in [5.41, 5.74) is 3.29. The highest BCUT2D eigenvalue weighted by atomic mass is 32.1. The molecule has 0 unspecified atom stereocenters. The third-order valence-electron chi connectivity index (χ3n) is 5.77. The molecule has 7 heteroatoms. The van der Waals surface area contributed by atoms with Gasteiger partial charge in [-0.3, -0.25) is 9.69 Å². The lowest BCUT2D eigenvalue weighted by Gasteiger charge is -2.28. The van der Waals surface area contributed by atoms with Crippen molar-refractivity contribution < 1.29 is 14.3 Å². The highest BCUT2D eigenvalue weighted by molar-refractivity contribution is 7.16. The van der Waals surface area contributed by atoms with Crippen molar-refractivity contribution in [2.75, 3.05) is 18.4 Å². The molecule has 3 aromatic rings. The maximum atomic E-state index is 13.0. The van der Waals surface area contributed by atoms with Gasteiger partial charge in [-0.15, -0.1) is 11.3 Å². The van der Waals surface area contributed by atoms with Crippen molar-refractivity contribution in [2.45, 2.75) is 26.1 Å². The average Bonchev–Trinajstić information content (AvgIpc) is 3.17. The number of thiophene rings is 1. The molecule has 1 aromatic heterocycles. The summed E-state index contributed by atoms with van der Waals surface area (Å²) in [5, 5.41) is 7.46. The quantitative estimate of drug-likeness (QED) is 0.477. The van der Waals surface area contributed by atoms with Crippen LogP contribution in [0, 0.1) is 0 Å². The predicted molar refractivity (Wildman–Crippen MR) is 121 cm³/mol. The fourth-order valence-electron chi connectivity index (χ4n) is 4.10. The number of benzene rings is 2. The van der Waals surface area contributed by atoms with Crippen LogP contribution in [0.4, 0.5) is 5.00 Å². The van der Waals surface area contributed by atoms with Gasteiger partial charge in [0.05, 0.1) is 11.1 Å². The number of fused-ring (bicyclic) bond motifs is 3. The molecule has 1 atom stereocenters. The van der Waals surface area contributed by atoms with Gasteiger partial charge in [-0.25, -0.2) is 4.79 Å². The topological polar surface area (TPSA) is 70.7 Å². The van der Waals surface area contributed by atoms with Gasteiger partial charge in [0.25, 0.3) is 5.91 Å². The molecule has 0 saturated heterocycles. The lowest BCUT2D eigenvalue weighted by atomic mass is 10.0. The number of hydrogen-bond donors (Lipinski definition) is 2. The molecule has 0 spiro atoms. The largest absolute Gasteiger partial charge is 0.423 e. The molecule has 0 saturated carbocycles. The Balaban J connectivity index is 1.37. The second kappa shape index (κ2) is 8.17. The monoisotopic (exact) mass is 433 g/mol. The Morgan fingerprint density at radius 2 is 2.00 bits per heavy atom. The minimum atomic E-state index is -0.410. The Hall–Kier alpha value is -3.16. The molecule has 0 aliphatic carbocycles. The third-order valence-corrected chi connectivity index (χ3v) is 6.92. The van der Waals surface area contributed by atoms with E-state index >= 15 is 0 Å². The van der Waals surface area contributed by atoms with Crippen molar-refractivity contribution in [1.82, 2.24) is 10.2 Å². The molecule has 2 aliphatic heterocycles. The molecular formula is C24H23N3O3S. The highest BCUT2D eigenvalue weighted by Crippen LogP contribution is 2.40. The average molecular weight is 434 g/mol. The van der Waals surface area contributed by atoms with Gasteiger partial charge in [0.1, 0.15) is 16.9 Å². The lowest BCUT2D eigenvalue weighted by Crippen LogP contribution is -2.38. The number of hydrogen-bond acceptors (Lipinski definition) is 6. The predicted octanol–water partition coefficient (Wildman–Crippen LogP) is 4.20. The summed E-state index contributed by atoms with van der Waals surface area (Å²) in [7, 11) is 0. The molecule has 1 amide bonds. The third kappa shape index (κ3) is 3.82. The summed E-state index contributed by atoms with van der Waals surface area (Å²) in [6, 6.07) is 16.1. The van der Waals surface area contributed by atoms with Gasteiger partial charge in [-0.1, -0.05) is 37.3 Å². The van der Waals surface area contributed by atoms with E-state index in [1.54, 1.807) is 47.7 Å². The highest BCUT2D eigenvalue weighted by Gasteiger charge is 2.33. The van der Waals surface area contributed by atoms with Gasteiger partial charge < -0.3 is 15.4 Å². The molecule has 0 fully saturated rings. The van der Waals surface area contributed by atoms with Gasteiger partial charge in [0, 0.05) is 18.0 Å². The minimum Gasteiger partial charge on any atom is -0.423 e. The number of amides is 1. The SMILES string of the molecule is CCN1CCc2c(sc3c2C(=O)N[C@H](c2cccc(OC(=O)c4ccccc4)c2)N3)C1. The van der Waals surface area contributed by atoms with Crippen LogP contribution in [0.2, 0.25) is 0 Å². The van der Waals surface area contributed by atoms with E-state index in [4.69, 9.17) is 4.74 Å². The number of anilines is 1. The Kier molecular flexibility index (Phi) is 5.21. The Bertz CT molecular complexity index is 1140. The van der Waals surface area contributed by atoms with E-state index in [9.17, 15) is 9.59 Å². The smallest absolute Gasteiger partial charge is 0.343 e. The summed E-state index contributed by atoms with van der Waals surface area (Å²) < 4.78 is 5.54. The van der Waals surface area contributed by atoms with Crippen LogP contribution >= 0.6 is 11.3 Å². The molecule has 2 N–H and O–H groups in total. The van der Waals surface area contributed by atoms with E-state index in [0.29, 0.717) is 11.3 Å². The molecule has 6 nitrogen and oxygen atoms in total. The van der Waals surface area contributed by atoms with Gasteiger partial charge in [0.15, 0.2) is 0 Å².